The average molecular weight is 525 g/mol. The van der Waals surface area contributed by atoms with Crippen molar-refractivity contribution in [1.82, 2.24) is 5.32 Å². The maximum absolute atomic E-state index is 13.0. The average Bonchev–Trinajstić information content (AvgIpc) is 3.60. The summed E-state index contributed by atoms with van der Waals surface area (Å²) in [6.45, 7) is 2.51. The van der Waals surface area contributed by atoms with E-state index in [4.69, 9.17) is 0 Å². The van der Waals surface area contributed by atoms with E-state index in [0.29, 0.717) is 35.5 Å². The van der Waals surface area contributed by atoms with E-state index in [1.807, 2.05) is 6.92 Å². The number of rotatable bonds is 10. The zero-order valence-corrected chi connectivity index (χ0v) is 20.8. The number of ether oxygens (including phenoxy) is 1. The van der Waals surface area contributed by atoms with E-state index in [0.717, 1.165) is 42.5 Å². The second-order valence-electron chi connectivity index (χ2n) is 9.45. The molecule has 2 amide bonds. The van der Waals surface area contributed by atoms with Gasteiger partial charge in [-0.2, -0.15) is 0 Å². The number of fused-ring (bicyclic) bond motifs is 1. The van der Waals surface area contributed by atoms with Crippen molar-refractivity contribution in [1.29, 1.82) is 0 Å². The zero-order valence-electron chi connectivity index (χ0n) is 20.0. The number of halogens is 3. The summed E-state index contributed by atoms with van der Waals surface area (Å²) in [4.78, 5) is 39.2. The van der Waals surface area contributed by atoms with Crippen LogP contribution in [0.1, 0.15) is 66.8 Å². The number of aryl methyl sites for hydroxylation is 1. The van der Waals surface area contributed by atoms with E-state index in [-0.39, 0.29) is 43.0 Å². The van der Waals surface area contributed by atoms with Crippen LogP contribution >= 0.6 is 11.3 Å². The summed E-state index contributed by atoms with van der Waals surface area (Å²) in [6, 6.07) is 5.32. The predicted octanol–water partition coefficient (Wildman–Crippen LogP) is 5.69. The van der Waals surface area contributed by atoms with Crippen LogP contribution < -0.4 is 15.4 Å². The minimum Gasteiger partial charge on any atom is -0.406 e. The van der Waals surface area contributed by atoms with Gasteiger partial charge in [-0.3, -0.25) is 14.4 Å². The van der Waals surface area contributed by atoms with Crippen LogP contribution in [0.15, 0.2) is 24.3 Å². The van der Waals surface area contributed by atoms with Crippen molar-refractivity contribution in [3.05, 3.63) is 45.8 Å². The lowest BCUT2D eigenvalue weighted by atomic mass is 9.82. The first-order valence-electron chi connectivity index (χ1n) is 12.2. The van der Waals surface area contributed by atoms with E-state index in [9.17, 15) is 27.6 Å². The lowest BCUT2D eigenvalue weighted by Crippen LogP contribution is -2.27. The molecule has 1 unspecified atom stereocenters. The predicted molar refractivity (Wildman–Crippen MR) is 132 cm³/mol. The molecule has 36 heavy (non-hydrogen) atoms. The number of benzene rings is 1. The number of carbonyl (C=O) groups excluding carboxylic acids is 3. The molecule has 2 N–H and O–H groups in total. The Morgan fingerprint density at radius 2 is 1.86 bits per heavy atom. The minimum atomic E-state index is -4.76. The number of carbonyl (C=O) groups is 3. The molecule has 0 spiro atoms. The Morgan fingerprint density at radius 1 is 1.14 bits per heavy atom. The third-order valence-electron chi connectivity index (χ3n) is 6.39. The quantitative estimate of drug-likeness (QED) is 0.418. The highest BCUT2D eigenvalue weighted by Crippen LogP contribution is 2.41. The maximum atomic E-state index is 13.0. The fourth-order valence-corrected chi connectivity index (χ4v) is 5.72. The van der Waals surface area contributed by atoms with Gasteiger partial charge in [0.05, 0.1) is 5.56 Å². The van der Waals surface area contributed by atoms with Crippen LogP contribution in [-0.4, -0.2) is 30.5 Å². The van der Waals surface area contributed by atoms with E-state index < -0.39 is 6.36 Å². The summed E-state index contributed by atoms with van der Waals surface area (Å²) in [6.07, 6.45) is 0.311. The van der Waals surface area contributed by atoms with E-state index in [1.165, 1.54) is 35.6 Å². The number of alkyl halides is 3. The van der Waals surface area contributed by atoms with Gasteiger partial charge in [-0.05, 0) is 67.7 Å². The highest BCUT2D eigenvalue weighted by Gasteiger charge is 2.34. The van der Waals surface area contributed by atoms with Crippen molar-refractivity contribution in [3.8, 4) is 5.75 Å². The summed E-state index contributed by atoms with van der Waals surface area (Å²) in [7, 11) is 0. The van der Waals surface area contributed by atoms with Gasteiger partial charge < -0.3 is 15.4 Å². The molecule has 1 aromatic carbocycles. The SMILES string of the molecule is CCCNC(=O)c1c(NC(=O)C2CC2)sc2c1CC(CC(=O)Cc1ccc(OC(F)(F)F)cc1)CC2.[HH]. The van der Waals surface area contributed by atoms with Gasteiger partial charge in [0.1, 0.15) is 16.5 Å². The molecular formula is C26H31F3N2O4S. The van der Waals surface area contributed by atoms with Crippen molar-refractivity contribution >= 4 is 33.9 Å². The molecule has 1 aromatic heterocycles. The number of nitrogens with one attached hydrogen (secondary N) is 2. The van der Waals surface area contributed by atoms with Gasteiger partial charge in [-0.25, -0.2) is 0 Å². The van der Waals surface area contributed by atoms with Crippen LogP contribution in [-0.2, 0) is 28.9 Å². The van der Waals surface area contributed by atoms with Crippen LogP contribution in [0.2, 0.25) is 0 Å². The topological polar surface area (TPSA) is 84.5 Å². The van der Waals surface area contributed by atoms with Gasteiger partial charge >= 0.3 is 6.36 Å². The molecule has 1 heterocycles. The molecule has 196 valence electrons. The monoisotopic (exact) mass is 524 g/mol. The largest absolute Gasteiger partial charge is 0.573 e. The molecule has 1 fully saturated rings. The van der Waals surface area contributed by atoms with Crippen LogP contribution in [0.3, 0.4) is 0 Å². The number of thiophene rings is 1. The standard InChI is InChI=1S/C26H29F3N2O4S.H2/c1-2-11-30-24(34)22-20-14-16(5-10-21(20)36-25(22)31-23(33)17-6-7-17)13-18(32)12-15-3-8-19(9-4-15)35-26(27,28)29;/h3-4,8-9,16-17H,2,5-7,10-14H2,1H3,(H,30,34)(H,31,33);1H. The number of hydrogen-bond donors (Lipinski definition) is 2. The summed E-state index contributed by atoms with van der Waals surface area (Å²) < 4.78 is 40.9. The Balaban J connectivity index is 0.00000380. The molecular weight excluding hydrogens is 493 g/mol. The second-order valence-corrected chi connectivity index (χ2v) is 10.6. The fraction of sp³-hybridized carbons (Fsp3) is 0.500. The normalized spacial score (nSPS) is 17.3. The Labute approximate surface area is 213 Å². The van der Waals surface area contributed by atoms with Gasteiger partial charge in [0.25, 0.3) is 5.91 Å². The molecule has 10 heteroatoms. The molecule has 2 aliphatic carbocycles. The molecule has 0 saturated heterocycles. The first-order valence-corrected chi connectivity index (χ1v) is 13.0. The van der Waals surface area contributed by atoms with Crippen molar-refractivity contribution in [3.63, 3.8) is 0 Å². The number of hydrogen-bond acceptors (Lipinski definition) is 5. The summed E-state index contributed by atoms with van der Waals surface area (Å²) in [5.74, 6) is -0.505. The van der Waals surface area contributed by atoms with Crippen LogP contribution in [0.25, 0.3) is 0 Å². The number of ketones is 1. The molecule has 0 aliphatic heterocycles. The molecule has 0 radical (unpaired) electrons. The summed E-state index contributed by atoms with van der Waals surface area (Å²) in [5.41, 5.74) is 2.05. The summed E-state index contributed by atoms with van der Waals surface area (Å²) >= 11 is 1.46. The van der Waals surface area contributed by atoms with Crippen LogP contribution in [0, 0.1) is 11.8 Å². The van der Waals surface area contributed by atoms with Crippen molar-refractivity contribution < 1.29 is 33.7 Å². The number of amides is 2. The van der Waals surface area contributed by atoms with Crippen molar-refractivity contribution in [2.75, 3.05) is 11.9 Å². The number of Topliss-reactive ketones (excluding diaryl/α,β-unsaturated/α-hetero) is 1. The van der Waals surface area contributed by atoms with E-state index in [2.05, 4.69) is 15.4 Å². The lowest BCUT2D eigenvalue weighted by Gasteiger charge is -2.22. The highest BCUT2D eigenvalue weighted by molar-refractivity contribution is 7.17. The Morgan fingerprint density at radius 3 is 2.50 bits per heavy atom. The van der Waals surface area contributed by atoms with Gasteiger partial charge in [0.2, 0.25) is 5.91 Å². The molecule has 0 bridgehead atoms. The molecule has 2 aliphatic rings. The molecule has 2 aromatic rings. The third kappa shape index (κ3) is 6.87. The van der Waals surface area contributed by atoms with Gasteiger partial charge in [0, 0.05) is 31.6 Å². The Hall–Kier alpha value is -2.88. The third-order valence-corrected chi connectivity index (χ3v) is 7.59. The lowest BCUT2D eigenvalue weighted by molar-refractivity contribution is -0.274. The van der Waals surface area contributed by atoms with Crippen molar-refractivity contribution in [2.45, 2.75) is 64.7 Å². The van der Waals surface area contributed by atoms with Crippen LogP contribution in [0.4, 0.5) is 18.2 Å². The Kier molecular flexibility index (Phi) is 8.02. The maximum Gasteiger partial charge on any atom is 0.573 e. The molecule has 4 rings (SSSR count). The van der Waals surface area contributed by atoms with E-state index in [1.54, 1.807) is 0 Å². The summed E-state index contributed by atoms with van der Waals surface area (Å²) in [5, 5.41) is 6.48. The van der Waals surface area contributed by atoms with Gasteiger partial charge in [0.15, 0.2) is 0 Å². The van der Waals surface area contributed by atoms with Gasteiger partial charge in [-0.15, -0.1) is 24.5 Å². The first-order chi connectivity index (χ1) is 17.1. The number of anilines is 1. The van der Waals surface area contributed by atoms with E-state index >= 15 is 0 Å². The molecule has 1 atom stereocenters. The highest BCUT2D eigenvalue weighted by atomic mass is 32.1. The van der Waals surface area contributed by atoms with Gasteiger partial charge in [-0.1, -0.05) is 19.1 Å². The smallest absolute Gasteiger partial charge is 0.406 e. The molecule has 6 nitrogen and oxygen atoms in total. The zero-order chi connectivity index (χ0) is 25.9. The molecule has 1 saturated carbocycles. The van der Waals surface area contributed by atoms with Crippen molar-refractivity contribution in [2.24, 2.45) is 11.8 Å². The van der Waals surface area contributed by atoms with Crippen LogP contribution in [0.5, 0.6) is 5.75 Å². The minimum absolute atomic E-state index is 0. The fourth-order valence-electron chi connectivity index (χ4n) is 4.48. The first kappa shape index (κ1) is 26.2. The Bertz CT molecular complexity index is 1130. The second kappa shape index (κ2) is 11.0.